The number of aromatic amines is 1. The first-order valence-corrected chi connectivity index (χ1v) is 9.33. The maximum absolute atomic E-state index is 13.7. The van der Waals surface area contributed by atoms with Crippen molar-refractivity contribution in [3.05, 3.63) is 35.4 Å². The second-order valence-corrected chi connectivity index (χ2v) is 7.77. The first kappa shape index (κ1) is 17.4. The summed E-state index contributed by atoms with van der Waals surface area (Å²) in [5.41, 5.74) is 1.07. The first-order valence-electron chi connectivity index (χ1n) is 7.84. The number of hydrogen-bond donors (Lipinski definition) is 2. The first-order chi connectivity index (χ1) is 11.7. The van der Waals surface area contributed by atoms with Crippen LogP contribution < -0.4 is 9.62 Å². The SMILES string of the molecule is CC(=O)N(c1ccc(F)cc1NS(=O)(=O)c1c(C)n[nH]c1C)C1CC1. The van der Waals surface area contributed by atoms with Gasteiger partial charge < -0.3 is 4.90 Å². The van der Waals surface area contributed by atoms with E-state index < -0.39 is 15.8 Å². The van der Waals surface area contributed by atoms with Gasteiger partial charge in [0.25, 0.3) is 10.0 Å². The predicted molar refractivity (Wildman–Crippen MR) is 91.5 cm³/mol. The standard InChI is InChI=1S/C16H19FN4O3S/c1-9-16(10(2)19-18-9)25(23,24)20-14-8-12(17)4-7-15(14)21(11(3)22)13-5-6-13/h4,7-8,13,20H,5-6H2,1-3H3,(H,18,19). The van der Waals surface area contributed by atoms with Crippen LogP contribution in [0, 0.1) is 19.7 Å². The number of benzene rings is 1. The van der Waals surface area contributed by atoms with Gasteiger partial charge in [-0.05, 0) is 38.8 Å². The minimum absolute atomic E-state index is 0.0171. The molecule has 7 nitrogen and oxygen atoms in total. The Morgan fingerprint density at radius 2 is 2.04 bits per heavy atom. The van der Waals surface area contributed by atoms with E-state index in [1.807, 2.05) is 0 Å². The minimum Gasteiger partial charge on any atom is -0.308 e. The number of nitrogens with one attached hydrogen (secondary N) is 2. The zero-order valence-electron chi connectivity index (χ0n) is 14.1. The lowest BCUT2D eigenvalue weighted by Crippen LogP contribution is -2.31. The van der Waals surface area contributed by atoms with Gasteiger partial charge in [-0.2, -0.15) is 5.10 Å². The number of anilines is 2. The highest BCUT2D eigenvalue weighted by atomic mass is 32.2. The Bertz CT molecular complexity index is 915. The lowest BCUT2D eigenvalue weighted by Gasteiger charge is -2.24. The Labute approximate surface area is 145 Å². The maximum Gasteiger partial charge on any atom is 0.265 e. The molecule has 134 valence electrons. The van der Waals surface area contributed by atoms with Gasteiger partial charge in [0.1, 0.15) is 10.7 Å². The van der Waals surface area contributed by atoms with Crippen molar-refractivity contribution in [1.29, 1.82) is 0 Å². The van der Waals surface area contributed by atoms with Gasteiger partial charge >= 0.3 is 0 Å². The Hall–Kier alpha value is -2.42. The second kappa shape index (κ2) is 6.14. The zero-order valence-corrected chi connectivity index (χ0v) is 14.9. The molecule has 0 radical (unpaired) electrons. The van der Waals surface area contributed by atoms with E-state index in [1.165, 1.54) is 24.0 Å². The van der Waals surface area contributed by atoms with E-state index in [2.05, 4.69) is 14.9 Å². The summed E-state index contributed by atoms with van der Waals surface area (Å²) in [5.74, 6) is -0.813. The van der Waals surface area contributed by atoms with E-state index in [0.717, 1.165) is 18.9 Å². The number of amides is 1. The molecule has 1 aromatic carbocycles. The van der Waals surface area contributed by atoms with Crippen molar-refractivity contribution in [2.45, 2.75) is 44.6 Å². The number of carbonyl (C=O) groups excluding carboxylic acids is 1. The molecule has 1 saturated carbocycles. The van der Waals surface area contributed by atoms with Crippen molar-refractivity contribution >= 4 is 27.3 Å². The third-order valence-corrected chi connectivity index (χ3v) is 5.67. The summed E-state index contributed by atoms with van der Waals surface area (Å²) in [6.45, 7) is 4.56. The minimum atomic E-state index is -3.98. The molecule has 0 aliphatic heterocycles. The van der Waals surface area contributed by atoms with Crippen LogP contribution in [0.2, 0.25) is 0 Å². The van der Waals surface area contributed by atoms with Crippen LogP contribution in [0.25, 0.3) is 0 Å². The lowest BCUT2D eigenvalue weighted by molar-refractivity contribution is -0.116. The van der Waals surface area contributed by atoms with Crippen LogP contribution in [0.4, 0.5) is 15.8 Å². The Balaban J connectivity index is 2.05. The molecule has 1 amide bonds. The average Bonchev–Trinajstić information content (AvgIpc) is 3.25. The number of carbonyl (C=O) groups is 1. The van der Waals surface area contributed by atoms with Crippen LogP contribution in [0.5, 0.6) is 0 Å². The van der Waals surface area contributed by atoms with Crippen molar-refractivity contribution in [2.75, 3.05) is 9.62 Å². The van der Waals surface area contributed by atoms with Gasteiger partial charge in [0.2, 0.25) is 5.91 Å². The third kappa shape index (κ3) is 3.37. The van der Waals surface area contributed by atoms with Gasteiger partial charge in [0.15, 0.2) is 0 Å². The molecule has 1 fully saturated rings. The largest absolute Gasteiger partial charge is 0.308 e. The number of aromatic nitrogens is 2. The lowest BCUT2D eigenvalue weighted by atomic mass is 10.2. The zero-order chi connectivity index (χ0) is 18.4. The van der Waals surface area contributed by atoms with E-state index in [0.29, 0.717) is 17.1 Å². The van der Waals surface area contributed by atoms with E-state index in [-0.39, 0.29) is 22.5 Å². The number of hydrogen-bond acceptors (Lipinski definition) is 4. The molecule has 9 heteroatoms. The fraction of sp³-hybridized carbons (Fsp3) is 0.375. The van der Waals surface area contributed by atoms with Crippen molar-refractivity contribution < 1.29 is 17.6 Å². The van der Waals surface area contributed by atoms with Gasteiger partial charge in [-0.3, -0.25) is 14.6 Å². The monoisotopic (exact) mass is 366 g/mol. The molecule has 2 aromatic rings. The van der Waals surface area contributed by atoms with Crippen molar-refractivity contribution in [3.8, 4) is 0 Å². The fourth-order valence-corrected chi connectivity index (χ4v) is 4.33. The Morgan fingerprint density at radius 3 is 2.56 bits per heavy atom. The molecule has 0 saturated heterocycles. The summed E-state index contributed by atoms with van der Waals surface area (Å²) in [6.07, 6.45) is 1.67. The summed E-state index contributed by atoms with van der Waals surface area (Å²) in [4.78, 5) is 13.5. The van der Waals surface area contributed by atoms with Crippen LogP contribution in [0.1, 0.15) is 31.2 Å². The summed E-state index contributed by atoms with van der Waals surface area (Å²) in [6, 6.07) is 3.72. The molecule has 0 spiro atoms. The van der Waals surface area contributed by atoms with E-state index >= 15 is 0 Å². The smallest absolute Gasteiger partial charge is 0.265 e. The molecule has 0 atom stereocenters. The van der Waals surface area contributed by atoms with Crippen LogP contribution >= 0.6 is 0 Å². The molecule has 1 aliphatic carbocycles. The molecule has 1 aromatic heterocycles. The number of halogens is 1. The molecule has 0 unspecified atom stereocenters. The second-order valence-electron chi connectivity index (χ2n) is 6.15. The van der Waals surface area contributed by atoms with E-state index in [1.54, 1.807) is 13.8 Å². The van der Waals surface area contributed by atoms with Crippen molar-refractivity contribution in [3.63, 3.8) is 0 Å². The molecule has 1 heterocycles. The number of aryl methyl sites for hydroxylation is 2. The number of H-pyrrole nitrogens is 1. The maximum atomic E-state index is 13.7. The van der Waals surface area contributed by atoms with E-state index in [9.17, 15) is 17.6 Å². The fourth-order valence-electron chi connectivity index (χ4n) is 2.89. The normalized spacial score (nSPS) is 14.4. The highest BCUT2D eigenvalue weighted by Crippen LogP contribution is 2.37. The van der Waals surface area contributed by atoms with Crippen LogP contribution in [0.15, 0.2) is 23.1 Å². The predicted octanol–water partition coefficient (Wildman–Crippen LogP) is 2.48. The van der Waals surface area contributed by atoms with Crippen LogP contribution in [0.3, 0.4) is 0 Å². The topological polar surface area (TPSA) is 95.2 Å². The summed E-state index contributed by atoms with van der Waals surface area (Å²) in [7, 11) is -3.98. The highest BCUT2D eigenvalue weighted by Gasteiger charge is 2.34. The van der Waals surface area contributed by atoms with E-state index in [4.69, 9.17) is 0 Å². The molecular weight excluding hydrogens is 347 g/mol. The van der Waals surface area contributed by atoms with Gasteiger partial charge in [-0.15, -0.1) is 0 Å². The average molecular weight is 366 g/mol. The third-order valence-electron chi connectivity index (χ3n) is 4.04. The Morgan fingerprint density at radius 1 is 1.36 bits per heavy atom. The van der Waals surface area contributed by atoms with Crippen molar-refractivity contribution in [1.82, 2.24) is 10.2 Å². The number of nitrogens with zero attached hydrogens (tertiary/aromatic N) is 2. The van der Waals surface area contributed by atoms with Gasteiger partial charge in [-0.25, -0.2) is 12.8 Å². The van der Waals surface area contributed by atoms with Crippen LogP contribution in [-0.2, 0) is 14.8 Å². The van der Waals surface area contributed by atoms with Gasteiger partial charge in [0.05, 0.1) is 22.8 Å². The summed E-state index contributed by atoms with van der Waals surface area (Å²) >= 11 is 0. The quantitative estimate of drug-likeness (QED) is 0.850. The summed E-state index contributed by atoms with van der Waals surface area (Å²) < 4.78 is 41.7. The molecule has 3 rings (SSSR count). The number of sulfonamides is 1. The highest BCUT2D eigenvalue weighted by molar-refractivity contribution is 7.92. The molecule has 2 N–H and O–H groups in total. The van der Waals surface area contributed by atoms with Gasteiger partial charge in [-0.1, -0.05) is 0 Å². The Kier molecular flexibility index (Phi) is 4.28. The molecule has 25 heavy (non-hydrogen) atoms. The van der Waals surface area contributed by atoms with Gasteiger partial charge in [0, 0.05) is 19.0 Å². The molecular formula is C16H19FN4O3S. The summed E-state index contributed by atoms with van der Waals surface area (Å²) in [5, 5.41) is 6.50. The molecule has 1 aliphatic rings. The van der Waals surface area contributed by atoms with Crippen molar-refractivity contribution in [2.24, 2.45) is 0 Å². The molecule has 0 bridgehead atoms. The number of rotatable bonds is 5. The van der Waals surface area contributed by atoms with Crippen LogP contribution in [-0.4, -0.2) is 30.6 Å².